The molecule has 0 bridgehead atoms. The lowest BCUT2D eigenvalue weighted by molar-refractivity contribution is -0.161. The highest BCUT2D eigenvalue weighted by atomic mass is 31.2. The van der Waals surface area contributed by atoms with Crippen LogP contribution in [0.15, 0.2) is 24.3 Å². The minimum absolute atomic E-state index is 0.0860. The van der Waals surface area contributed by atoms with Crippen molar-refractivity contribution in [2.45, 2.75) is 386 Å². The van der Waals surface area contributed by atoms with Crippen LogP contribution in [-0.2, 0) is 65.4 Å². The smallest absolute Gasteiger partial charge is 0.462 e. The molecule has 548 valence electrons. The molecule has 0 aliphatic heterocycles. The van der Waals surface area contributed by atoms with Crippen molar-refractivity contribution in [3.63, 3.8) is 0 Å². The van der Waals surface area contributed by atoms with E-state index in [-0.39, 0.29) is 25.7 Å². The Morgan fingerprint density at radius 2 is 0.516 bits per heavy atom. The number of aliphatic hydroxyl groups is 1. The SMILES string of the molecule is CCCCCC/C=C\C=C/CCCCCCCC(=O)O[C@H](COC(=O)CCCCCCCCCCCCCCCC)COP(=O)(O)OC[C@@H](O)COP(=O)(O)OC[C@@H](COC(=O)CCCCCCCCCCCCCC)OC(=O)CCCCCCCCCCCCCC. The molecule has 93 heavy (non-hydrogen) atoms. The van der Waals surface area contributed by atoms with Crippen molar-refractivity contribution in [2.24, 2.45) is 0 Å². The predicted molar refractivity (Wildman–Crippen MR) is 377 cm³/mol. The van der Waals surface area contributed by atoms with Crippen molar-refractivity contribution < 1.29 is 80.2 Å². The van der Waals surface area contributed by atoms with Crippen LogP contribution in [0.25, 0.3) is 0 Å². The first-order valence-electron chi connectivity index (χ1n) is 38.1. The maximum atomic E-state index is 13.1. The highest BCUT2D eigenvalue weighted by Gasteiger charge is 2.30. The van der Waals surface area contributed by atoms with Gasteiger partial charge in [-0.05, 0) is 51.4 Å². The van der Waals surface area contributed by atoms with Gasteiger partial charge in [0.25, 0.3) is 0 Å². The van der Waals surface area contributed by atoms with Gasteiger partial charge in [-0.3, -0.25) is 37.3 Å². The minimum atomic E-state index is -4.96. The zero-order valence-corrected chi connectivity index (χ0v) is 61.5. The van der Waals surface area contributed by atoms with Gasteiger partial charge in [0, 0.05) is 25.7 Å². The van der Waals surface area contributed by atoms with Crippen LogP contribution in [0, 0.1) is 0 Å². The molecule has 0 fully saturated rings. The molecule has 0 radical (unpaired) electrons. The molecule has 2 unspecified atom stereocenters. The summed E-state index contributed by atoms with van der Waals surface area (Å²) in [6, 6.07) is 0. The van der Waals surface area contributed by atoms with E-state index in [4.69, 9.17) is 37.0 Å². The summed E-state index contributed by atoms with van der Waals surface area (Å²) in [7, 11) is -9.92. The molecule has 0 heterocycles. The van der Waals surface area contributed by atoms with Gasteiger partial charge in [-0.15, -0.1) is 0 Å². The van der Waals surface area contributed by atoms with Crippen LogP contribution in [0.1, 0.15) is 368 Å². The van der Waals surface area contributed by atoms with Crippen molar-refractivity contribution in [3.05, 3.63) is 24.3 Å². The lowest BCUT2D eigenvalue weighted by atomic mass is 10.0. The van der Waals surface area contributed by atoms with Gasteiger partial charge >= 0.3 is 39.5 Å². The number of hydrogen-bond acceptors (Lipinski definition) is 15. The molecule has 0 saturated heterocycles. The van der Waals surface area contributed by atoms with Crippen LogP contribution in [-0.4, -0.2) is 96.7 Å². The van der Waals surface area contributed by atoms with E-state index < -0.39 is 97.5 Å². The molecule has 17 nitrogen and oxygen atoms in total. The average molecular weight is 1360 g/mol. The number of phosphoric ester groups is 2. The number of hydrogen-bond donors (Lipinski definition) is 3. The van der Waals surface area contributed by atoms with Gasteiger partial charge in [-0.1, -0.05) is 315 Å². The number of unbranched alkanes of at least 4 members (excludes halogenated alkanes) is 44. The molecule has 0 aliphatic rings. The Bertz CT molecular complexity index is 1870. The first kappa shape index (κ1) is 90.5. The van der Waals surface area contributed by atoms with Gasteiger partial charge in [0.05, 0.1) is 26.4 Å². The van der Waals surface area contributed by atoms with Crippen LogP contribution in [0.4, 0.5) is 0 Å². The van der Waals surface area contributed by atoms with Crippen molar-refractivity contribution >= 4 is 39.5 Å². The monoisotopic (exact) mass is 1360 g/mol. The van der Waals surface area contributed by atoms with Gasteiger partial charge in [-0.25, -0.2) is 9.13 Å². The minimum Gasteiger partial charge on any atom is -0.462 e. The molecule has 0 saturated carbocycles. The quantitative estimate of drug-likeness (QED) is 0.0169. The van der Waals surface area contributed by atoms with E-state index in [9.17, 15) is 43.2 Å². The maximum Gasteiger partial charge on any atom is 0.472 e. The van der Waals surface area contributed by atoms with E-state index in [0.29, 0.717) is 25.7 Å². The van der Waals surface area contributed by atoms with Crippen molar-refractivity contribution in [1.82, 2.24) is 0 Å². The second-order valence-corrected chi connectivity index (χ2v) is 28.9. The lowest BCUT2D eigenvalue weighted by Gasteiger charge is -2.21. The Kier molecular flexibility index (Phi) is 66.3. The van der Waals surface area contributed by atoms with Gasteiger partial charge in [0.15, 0.2) is 12.2 Å². The Hall–Kier alpha value is -2.46. The molecular weight excluding hydrogens is 1220 g/mol. The highest BCUT2D eigenvalue weighted by molar-refractivity contribution is 7.47. The fourth-order valence-corrected chi connectivity index (χ4v) is 12.4. The Morgan fingerprint density at radius 1 is 0.301 bits per heavy atom. The molecule has 19 heteroatoms. The van der Waals surface area contributed by atoms with Crippen LogP contribution < -0.4 is 0 Å². The van der Waals surface area contributed by atoms with Crippen LogP contribution >= 0.6 is 15.6 Å². The van der Waals surface area contributed by atoms with E-state index in [1.807, 2.05) is 0 Å². The number of ether oxygens (including phenoxy) is 4. The van der Waals surface area contributed by atoms with Gasteiger partial charge in [0.1, 0.15) is 19.3 Å². The Morgan fingerprint density at radius 3 is 0.785 bits per heavy atom. The molecule has 0 rings (SSSR count). The first-order chi connectivity index (χ1) is 45.2. The molecule has 0 aromatic heterocycles. The van der Waals surface area contributed by atoms with E-state index in [1.54, 1.807) is 0 Å². The second-order valence-electron chi connectivity index (χ2n) is 26.0. The molecule has 0 spiro atoms. The molecule has 0 amide bonds. The third-order valence-electron chi connectivity index (χ3n) is 16.7. The Labute approximate surface area is 567 Å². The van der Waals surface area contributed by atoms with Gasteiger partial charge in [0.2, 0.25) is 0 Å². The number of rotatable bonds is 73. The van der Waals surface area contributed by atoms with Crippen molar-refractivity contribution in [3.8, 4) is 0 Å². The molecule has 0 aromatic rings. The summed E-state index contributed by atoms with van der Waals surface area (Å²) in [6.45, 7) is 4.91. The van der Waals surface area contributed by atoms with Crippen LogP contribution in [0.5, 0.6) is 0 Å². The topological polar surface area (TPSA) is 237 Å². The third-order valence-corrected chi connectivity index (χ3v) is 18.6. The van der Waals surface area contributed by atoms with Crippen molar-refractivity contribution in [1.29, 1.82) is 0 Å². The first-order valence-corrected chi connectivity index (χ1v) is 41.1. The average Bonchev–Trinajstić information content (AvgIpc) is 3.60. The number of allylic oxidation sites excluding steroid dienone is 4. The van der Waals surface area contributed by atoms with E-state index in [2.05, 4.69) is 52.0 Å². The van der Waals surface area contributed by atoms with E-state index >= 15 is 0 Å². The molecule has 0 aliphatic carbocycles. The summed E-state index contributed by atoms with van der Waals surface area (Å²) in [4.78, 5) is 72.7. The van der Waals surface area contributed by atoms with Crippen molar-refractivity contribution in [2.75, 3.05) is 39.6 Å². The predicted octanol–water partition coefficient (Wildman–Crippen LogP) is 21.4. The number of carbonyl (C=O) groups is 4. The number of phosphoric acid groups is 2. The summed E-state index contributed by atoms with van der Waals surface area (Å²) in [5.74, 6) is -2.14. The fraction of sp³-hybridized carbons (Fsp3) is 0.892. The van der Waals surface area contributed by atoms with Gasteiger partial charge < -0.3 is 33.8 Å². The fourth-order valence-electron chi connectivity index (χ4n) is 10.9. The number of esters is 4. The lowest BCUT2D eigenvalue weighted by Crippen LogP contribution is -2.30. The molecule has 0 aromatic carbocycles. The zero-order valence-electron chi connectivity index (χ0n) is 59.7. The summed E-state index contributed by atoms with van der Waals surface area (Å²) in [5.41, 5.74) is 0. The third kappa shape index (κ3) is 67.9. The molecular formula is C74H140O17P2. The summed E-state index contributed by atoms with van der Waals surface area (Å²) >= 11 is 0. The van der Waals surface area contributed by atoms with Gasteiger partial charge in [-0.2, -0.15) is 0 Å². The van der Waals surface area contributed by atoms with Crippen LogP contribution in [0.2, 0.25) is 0 Å². The highest BCUT2D eigenvalue weighted by Crippen LogP contribution is 2.45. The number of aliphatic hydroxyl groups excluding tert-OH is 1. The standard InChI is InChI=1S/C74H140O17P2/c1-5-9-13-17-21-25-29-33-35-37-41-45-49-53-57-61-74(79)91-70(65-85-72(77)59-55-51-47-43-40-36-34-30-26-22-18-14-10-6-2)67-89-93(82,83)87-63-68(75)62-86-92(80,81)88-66-69(90-73(78)60-56-52-48-44-39-32-28-24-20-16-12-8-4)64-84-71(76)58-54-50-46-42-38-31-27-23-19-15-11-7-3/h25,29,33,35,68-70,75H,5-24,26-28,30-32,34,36-67H2,1-4H3,(H,80,81)(H,82,83)/b29-25-,35-33-/t68-,69+,70+/m0/s1. The van der Waals surface area contributed by atoms with E-state index in [0.717, 1.165) is 103 Å². The molecule has 5 atom stereocenters. The number of carbonyl (C=O) groups excluding carboxylic acids is 4. The molecule has 3 N–H and O–H groups in total. The summed E-state index contributed by atoms with van der Waals surface area (Å²) < 4.78 is 68.4. The van der Waals surface area contributed by atoms with Crippen LogP contribution in [0.3, 0.4) is 0 Å². The zero-order chi connectivity index (χ0) is 68.2. The maximum absolute atomic E-state index is 13.1. The summed E-state index contributed by atoms with van der Waals surface area (Å²) in [6.07, 6.45) is 60.2. The Balaban J connectivity index is 5.29. The normalized spacial score (nSPS) is 14.1. The largest absolute Gasteiger partial charge is 0.472 e. The summed E-state index contributed by atoms with van der Waals surface area (Å²) in [5, 5.41) is 10.6. The second kappa shape index (κ2) is 68.1. The van der Waals surface area contributed by atoms with E-state index in [1.165, 1.54) is 186 Å².